The first-order chi connectivity index (χ1) is 8.61. The maximum Gasteiger partial charge on any atom is 0.337 e. The topological polar surface area (TPSA) is 98.1 Å². The average Bonchev–Trinajstić information content (AvgIpc) is 2.77. The summed E-state index contributed by atoms with van der Waals surface area (Å²) in [5.41, 5.74) is 6.71. The zero-order valence-electron chi connectivity index (χ0n) is 9.64. The first-order valence-electron chi connectivity index (χ1n) is 5.16. The number of carbonyl (C=O) groups is 2. The van der Waals surface area contributed by atoms with Crippen molar-refractivity contribution in [2.45, 2.75) is 0 Å². The van der Waals surface area contributed by atoms with Crippen LogP contribution in [0.3, 0.4) is 0 Å². The number of benzene rings is 1. The lowest BCUT2D eigenvalue weighted by Crippen LogP contribution is -2.05. The summed E-state index contributed by atoms with van der Waals surface area (Å²) in [6.07, 6.45) is 2.74. The predicted octanol–water partition coefficient (Wildman–Crippen LogP) is 0.848. The van der Waals surface area contributed by atoms with Crippen LogP contribution >= 0.6 is 0 Å². The molecular weight excluding hydrogens is 234 g/mol. The number of carbonyl (C=O) groups excluding carboxylic acids is 2. The van der Waals surface area contributed by atoms with Gasteiger partial charge in [0.05, 0.1) is 23.9 Å². The molecule has 1 aromatic heterocycles. The molecule has 6 nitrogen and oxygen atoms in total. The van der Waals surface area contributed by atoms with E-state index in [1.165, 1.54) is 19.3 Å². The number of nitrogens with zero attached hydrogens (tertiary/aromatic N) is 1. The van der Waals surface area contributed by atoms with Gasteiger partial charge in [0.2, 0.25) is 5.91 Å². The number of aromatic amines is 1. The standard InChI is InChI=1S/C12H11N3O3/c1-18-12(17)7-2-3-8-9(4-5-11(13)16)14-15-10(8)6-7/h2-6H,1H3,(H2,13,16)(H,14,15). The van der Waals surface area contributed by atoms with Crippen molar-refractivity contribution in [1.82, 2.24) is 10.2 Å². The summed E-state index contributed by atoms with van der Waals surface area (Å²) in [5.74, 6) is -0.960. The largest absolute Gasteiger partial charge is 0.465 e. The minimum absolute atomic E-state index is 0.416. The molecule has 0 aliphatic rings. The molecule has 6 heteroatoms. The SMILES string of the molecule is COC(=O)c1ccc2c(C=CC(N)=O)n[nH]c2c1. The number of esters is 1. The molecule has 1 amide bonds. The molecule has 0 aliphatic heterocycles. The van der Waals surface area contributed by atoms with E-state index < -0.39 is 11.9 Å². The maximum atomic E-state index is 11.3. The van der Waals surface area contributed by atoms with E-state index in [-0.39, 0.29) is 0 Å². The van der Waals surface area contributed by atoms with Crippen LogP contribution in [-0.2, 0) is 9.53 Å². The molecule has 1 heterocycles. The number of rotatable bonds is 3. The van der Waals surface area contributed by atoms with Gasteiger partial charge in [-0.3, -0.25) is 9.89 Å². The van der Waals surface area contributed by atoms with Crippen molar-refractivity contribution in [3.63, 3.8) is 0 Å². The van der Waals surface area contributed by atoms with E-state index in [0.717, 1.165) is 5.39 Å². The predicted molar refractivity (Wildman–Crippen MR) is 65.7 cm³/mol. The number of amides is 1. The summed E-state index contributed by atoms with van der Waals surface area (Å²) in [5, 5.41) is 7.58. The van der Waals surface area contributed by atoms with Gasteiger partial charge in [0.15, 0.2) is 0 Å². The van der Waals surface area contributed by atoms with Gasteiger partial charge in [0.25, 0.3) is 0 Å². The maximum absolute atomic E-state index is 11.3. The van der Waals surface area contributed by atoms with Gasteiger partial charge in [-0.2, -0.15) is 5.10 Å². The molecule has 92 valence electrons. The van der Waals surface area contributed by atoms with Gasteiger partial charge in [-0.15, -0.1) is 0 Å². The summed E-state index contributed by atoms with van der Waals surface area (Å²) >= 11 is 0. The van der Waals surface area contributed by atoms with E-state index in [2.05, 4.69) is 14.9 Å². The normalized spacial score (nSPS) is 10.9. The number of primary amides is 1. The Morgan fingerprint density at radius 1 is 1.44 bits per heavy atom. The van der Waals surface area contributed by atoms with Crippen molar-refractivity contribution in [1.29, 1.82) is 0 Å². The number of hydrogen-bond donors (Lipinski definition) is 2. The Kier molecular flexibility index (Phi) is 3.09. The lowest BCUT2D eigenvalue weighted by molar-refractivity contribution is -0.113. The molecular formula is C12H11N3O3. The zero-order valence-corrected chi connectivity index (χ0v) is 9.64. The molecule has 0 fully saturated rings. The molecule has 0 bridgehead atoms. The van der Waals surface area contributed by atoms with Crippen molar-refractivity contribution in [2.24, 2.45) is 5.73 Å². The Morgan fingerprint density at radius 3 is 2.89 bits per heavy atom. The Balaban J connectivity index is 2.43. The van der Waals surface area contributed by atoms with Gasteiger partial charge in [-0.05, 0) is 24.3 Å². The van der Waals surface area contributed by atoms with Crippen molar-refractivity contribution in [3.8, 4) is 0 Å². The molecule has 0 unspecified atom stereocenters. The van der Waals surface area contributed by atoms with Gasteiger partial charge in [0.1, 0.15) is 0 Å². The number of nitrogens with two attached hydrogens (primary N) is 1. The Bertz CT molecular complexity index is 643. The minimum atomic E-state index is -0.544. The van der Waals surface area contributed by atoms with Crippen LogP contribution in [0.2, 0.25) is 0 Å². The summed E-state index contributed by atoms with van der Waals surface area (Å²) in [6, 6.07) is 4.99. The fraction of sp³-hybridized carbons (Fsp3) is 0.0833. The molecule has 0 saturated heterocycles. The zero-order chi connectivity index (χ0) is 13.1. The molecule has 18 heavy (non-hydrogen) atoms. The van der Waals surface area contributed by atoms with Gasteiger partial charge in [0, 0.05) is 11.5 Å². The third-order valence-electron chi connectivity index (χ3n) is 2.42. The van der Waals surface area contributed by atoms with Crippen LogP contribution in [0.5, 0.6) is 0 Å². The van der Waals surface area contributed by atoms with Gasteiger partial charge in [-0.25, -0.2) is 4.79 Å². The highest BCUT2D eigenvalue weighted by atomic mass is 16.5. The molecule has 1 aromatic carbocycles. The summed E-state index contributed by atoms with van der Waals surface area (Å²) in [6.45, 7) is 0. The Morgan fingerprint density at radius 2 is 2.22 bits per heavy atom. The lowest BCUT2D eigenvalue weighted by Gasteiger charge is -1.98. The first kappa shape index (κ1) is 11.8. The van der Waals surface area contributed by atoms with Crippen molar-refractivity contribution < 1.29 is 14.3 Å². The van der Waals surface area contributed by atoms with Crippen LogP contribution in [-0.4, -0.2) is 29.2 Å². The summed E-state index contributed by atoms with van der Waals surface area (Å²) in [4.78, 5) is 22.0. The van der Waals surface area contributed by atoms with E-state index in [1.807, 2.05) is 0 Å². The van der Waals surface area contributed by atoms with Gasteiger partial charge < -0.3 is 10.5 Å². The number of ether oxygens (including phenoxy) is 1. The Labute approximate surface area is 102 Å². The quantitative estimate of drug-likeness (QED) is 0.618. The molecule has 2 rings (SSSR count). The van der Waals surface area contributed by atoms with Crippen LogP contribution in [0.25, 0.3) is 17.0 Å². The monoisotopic (exact) mass is 245 g/mol. The van der Waals surface area contributed by atoms with Crippen molar-refractivity contribution >= 4 is 28.9 Å². The highest BCUT2D eigenvalue weighted by Crippen LogP contribution is 2.19. The third kappa shape index (κ3) is 2.22. The number of H-pyrrole nitrogens is 1. The first-order valence-corrected chi connectivity index (χ1v) is 5.16. The number of aromatic nitrogens is 2. The molecule has 2 aromatic rings. The van der Waals surface area contributed by atoms with Crippen LogP contribution in [0.1, 0.15) is 16.1 Å². The van der Waals surface area contributed by atoms with E-state index in [9.17, 15) is 9.59 Å². The molecule has 0 atom stereocenters. The van der Waals surface area contributed by atoms with Gasteiger partial charge >= 0.3 is 5.97 Å². The third-order valence-corrected chi connectivity index (χ3v) is 2.42. The fourth-order valence-corrected chi connectivity index (χ4v) is 1.57. The van der Waals surface area contributed by atoms with E-state index in [4.69, 9.17) is 5.73 Å². The Hall–Kier alpha value is -2.63. The summed E-state index contributed by atoms with van der Waals surface area (Å²) in [7, 11) is 1.32. The van der Waals surface area contributed by atoms with E-state index >= 15 is 0 Å². The molecule has 0 saturated carbocycles. The van der Waals surface area contributed by atoms with E-state index in [1.54, 1.807) is 18.2 Å². The summed E-state index contributed by atoms with van der Waals surface area (Å²) < 4.78 is 4.62. The van der Waals surface area contributed by atoms with Crippen LogP contribution in [0.15, 0.2) is 24.3 Å². The second kappa shape index (κ2) is 4.70. The molecule has 0 aliphatic carbocycles. The van der Waals surface area contributed by atoms with Gasteiger partial charge in [-0.1, -0.05) is 0 Å². The fourth-order valence-electron chi connectivity index (χ4n) is 1.57. The van der Waals surface area contributed by atoms with Crippen LogP contribution in [0.4, 0.5) is 0 Å². The second-order valence-corrected chi connectivity index (χ2v) is 3.60. The number of methoxy groups -OCH3 is 1. The minimum Gasteiger partial charge on any atom is -0.465 e. The molecule has 0 radical (unpaired) electrons. The number of nitrogens with one attached hydrogen (secondary N) is 1. The molecule has 3 N–H and O–H groups in total. The average molecular weight is 245 g/mol. The lowest BCUT2D eigenvalue weighted by atomic mass is 10.1. The highest BCUT2D eigenvalue weighted by molar-refractivity contribution is 5.97. The number of hydrogen-bond acceptors (Lipinski definition) is 4. The highest BCUT2D eigenvalue weighted by Gasteiger charge is 2.09. The second-order valence-electron chi connectivity index (χ2n) is 3.60. The van der Waals surface area contributed by atoms with E-state index in [0.29, 0.717) is 16.8 Å². The van der Waals surface area contributed by atoms with Crippen molar-refractivity contribution in [2.75, 3.05) is 7.11 Å². The smallest absolute Gasteiger partial charge is 0.337 e. The van der Waals surface area contributed by atoms with Crippen LogP contribution in [0, 0.1) is 0 Å². The van der Waals surface area contributed by atoms with Crippen LogP contribution < -0.4 is 5.73 Å². The molecule has 0 spiro atoms. The number of fused-ring (bicyclic) bond motifs is 1. The van der Waals surface area contributed by atoms with Crippen molar-refractivity contribution in [3.05, 3.63) is 35.5 Å².